The summed E-state index contributed by atoms with van der Waals surface area (Å²) in [6.45, 7) is 6.27. The molecule has 0 aliphatic carbocycles. The Balaban J connectivity index is 1.72. The summed E-state index contributed by atoms with van der Waals surface area (Å²) in [4.78, 5) is 21.2. The van der Waals surface area contributed by atoms with Crippen molar-refractivity contribution in [1.82, 2.24) is 20.2 Å². The molecule has 0 spiro atoms. The van der Waals surface area contributed by atoms with Crippen molar-refractivity contribution in [2.45, 2.75) is 39.0 Å². The minimum atomic E-state index is -0.0820. The fourth-order valence-electron chi connectivity index (χ4n) is 3.46. The maximum absolute atomic E-state index is 12.1. The molecule has 6 heteroatoms. The zero-order valence-corrected chi connectivity index (χ0v) is 15.1. The minimum Gasteiger partial charge on any atom is -0.309 e. The van der Waals surface area contributed by atoms with Gasteiger partial charge in [-0.1, -0.05) is 37.6 Å². The van der Waals surface area contributed by atoms with E-state index in [1.807, 2.05) is 37.5 Å². The van der Waals surface area contributed by atoms with Gasteiger partial charge in [-0.05, 0) is 24.5 Å². The number of aromatic nitrogens is 4. The van der Waals surface area contributed by atoms with Crippen molar-refractivity contribution in [3.8, 4) is 11.4 Å². The number of nitrogens with one attached hydrogen (secondary N) is 2. The lowest BCUT2D eigenvalue weighted by atomic mass is 9.85. The molecule has 0 unspecified atom stereocenters. The molecule has 0 saturated heterocycles. The molecule has 3 heterocycles. The van der Waals surface area contributed by atoms with Crippen LogP contribution in [0.1, 0.15) is 54.5 Å². The largest absolute Gasteiger partial charge is 0.309 e. The second-order valence-corrected chi connectivity index (χ2v) is 7.07. The molecular formula is C20H21N5O. The lowest BCUT2D eigenvalue weighted by Crippen LogP contribution is -2.24. The first-order chi connectivity index (χ1) is 12.5. The van der Waals surface area contributed by atoms with E-state index in [1.165, 1.54) is 5.56 Å². The minimum absolute atomic E-state index is 0.0351. The molecule has 6 nitrogen and oxygen atoms in total. The molecule has 0 radical (unpaired) electrons. The van der Waals surface area contributed by atoms with Gasteiger partial charge in [0.1, 0.15) is 0 Å². The van der Waals surface area contributed by atoms with Gasteiger partial charge in [0.2, 0.25) is 5.91 Å². The van der Waals surface area contributed by atoms with E-state index in [0.717, 1.165) is 22.4 Å². The van der Waals surface area contributed by atoms with E-state index in [4.69, 9.17) is 0 Å². The monoisotopic (exact) mass is 347 g/mol. The zero-order chi connectivity index (χ0) is 18.3. The van der Waals surface area contributed by atoms with Crippen molar-refractivity contribution in [3.63, 3.8) is 0 Å². The molecular weight excluding hydrogens is 326 g/mol. The van der Waals surface area contributed by atoms with Gasteiger partial charge in [0.25, 0.3) is 0 Å². The summed E-state index contributed by atoms with van der Waals surface area (Å²) >= 11 is 0. The number of benzene rings is 1. The summed E-state index contributed by atoms with van der Waals surface area (Å²) in [5.74, 6) is 1.48. The smallest absolute Gasteiger partial charge is 0.226 e. The first-order valence-corrected chi connectivity index (χ1v) is 8.80. The standard InChI is InChI=1S/C20H21N5O/c1-11(2)18-17-15(8-16(26)23-20(17)25-24-18)14-9-21-19(22-10-14)13-6-4-5-12(3)7-13/h4-7,9-11,15H,8H2,1-3H3,(H2,23,24,25,26)/t15-/m1/s1. The fourth-order valence-corrected chi connectivity index (χ4v) is 3.46. The fraction of sp³-hybridized carbons (Fsp3) is 0.300. The Bertz CT molecular complexity index is 959. The zero-order valence-electron chi connectivity index (χ0n) is 15.1. The van der Waals surface area contributed by atoms with Gasteiger partial charge in [-0.25, -0.2) is 9.97 Å². The molecule has 1 atom stereocenters. The van der Waals surface area contributed by atoms with Crippen molar-refractivity contribution in [3.05, 3.63) is 59.0 Å². The molecule has 3 aromatic rings. The molecule has 1 aliphatic rings. The molecule has 4 rings (SSSR count). The first-order valence-electron chi connectivity index (χ1n) is 8.80. The van der Waals surface area contributed by atoms with Gasteiger partial charge in [0, 0.05) is 41.6 Å². The van der Waals surface area contributed by atoms with E-state index in [0.29, 0.717) is 18.1 Å². The Morgan fingerprint density at radius 3 is 2.65 bits per heavy atom. The van der Waals surface area contributed by atoms with Gasteiger partial charge in [-0.2, -0.15) is 5.10 Å². The third-order valence-corrected chi connectivity index (χ3v) is 4.76. The number of rotatable bonds is 3. The maximum Gasteiger partial charge on any atom is 0.226 e. The topological polar surface area (TPSA) is 83.6 Å². The van der Waals surface area contributed by atoms with E-state index < -0.39 is 0 Å². The summed E-state index contributed by atoms with van der Waals surface area (Å²) in [6, 6.07) is 8.11. The van der Waals surface area contributed by atoms with Gasteiger partial charge in [0.15, 0.2) is 11.6 Å². The Hall–Kier alpha value is -3.02. The van der Waals surface area contributed by atoms with Crippen LogP contribution in [0, 0.1) is 6.92 Å². The molecule has 26 heavy (non-hydrogen) atoms. The number of anilines is 1. The van der Waals surface area contributed by atoms with Crippen LogP contribution in [0.4, 0.5) is 5.82 Å². The highest BCUT2D eigenvalue weighted by molar-refractivity contribution is 5.94. The van der Waals surface area contributed by atoms with Crippen molar-refractivity contribution >= 4 is 11.7 Å². The second kappa shape index (κ2) is 6.37. The number of nitrogens with zero attached hydrogens (tertiary/aromatic N) is 3. The molecule has 1 aromatic carbocycles. The highest BCUT2D eigenvalue weighted by atomic mass is 16.1. The molecule has 1 aliphatic heterocycles. The van der Waals surface area contributed by atoms with Crippen LogP contribution in [0.15, 0.2) is 36.7 Å². The van der Waals surface area contributed by atoms with Crippen LogP contribution in [-0.4, -0.2) is 26.1 Å². The molecule has 2 N–H and O–H groups in total. The van der Waals surface area contributed by atoms with Crippen LogP contribution in [0.2, 0.25) is 0 Å². The van der Waals surface area contributed by atoms with Gasteiger partial charge < -0.3 is 5.32 Å². The number of carbonyl (C=O) groups is 1. The highest BCUT2D eigenvalue weighted by Crippen LogP contribution is 2.39. The first kappa shape index (κ1) is 16.4. The lowest BCUT2D eigenvalue weighted by Gasteiger charge is -2.23. The van der Waals surface area contributed by atoms with Gasteiger partial charge in [0.05, 0.1) is 0 Å². The average Bonchev–Trinajstić information content (AvgIpc) is 3.05. The number of aromatic amines is 1. The quantitative estimate of drug-likeness (QED) is 0.755. The van der Waals surface area contributed by atoms with Crippen molar-refractivity contribution in [2.75, 3.05) is 5.32 Å². The second-order valence-electron chi connectivity index (χ2n) is 7.07. The number of H-pyrrole nitrogens is 1. The van der Waals surface area contributed by atoms with Gasteiger partial charge in [-0.15, -0.1) is 0 Å². The number of hydrogen-bond donors (Lipinski definition) is 2. The summed E-state index contributed by atoms with van der Waals surface area (Å²) in [5.41, 5.74) is 5.19. The van der Waals surface area contributed by atoms with Crippen molar-refractivity contribution < 1.29 is 4.79 Å². The molecule has 0 fully saturated rings. The van der Waals surface area contributed by atoms with E-state index in [2.05, 4.69) is 45.4 Å². The maximum atomic E-state index is 12.1. The molecule has 0 saturated carbocycles. The Kier molecular flexibility index (Phi) is 4.03. The lowest BCUT2D eigenvalue weighted by molar-refractivity contribution is -0.116. The summed E-state index contributed by atoms with van der Waals surface area (Å²) in [5, 5.41) is 10.2. The number of hydrogen-bond acceptors (Lipinski definition) is 4. The van der Waals surface area contributed by atoms with E-state index in [9.17, 15) is 4.79 Å². The Morgan fingerprint density at radius 2 is 1.96 bits per heavy atom. The van der Waals surface area contributed by atoms with Crippen molar-refractivity contribution in [2.24, 2.45) is 0 Å². The predicted octanol–water partition coefficient (Wildman–Crippen LogP) is 3.77. The van der Waals surface area contributed by atoms with Crippen LogP contribution >= 0.6 is 0 Å². The van der Waals surface area contributed by atoms with Crippen molar-refractivity contribution in [1.29, 1.82) is 0 Å². The Labute approximate surface area is 152 Å². The average molecular weight is 347 g/mol. The SMILES string of the molecule is Cc1cccc(-c2ncc([C@H]3CC(=O)Nc4n[nH]c(C(C)C)c43)cn2)c1. The number of fused-ring (bicyclic) bond motifs is 1. The summed E-state index contributed by atoms with van der Waals surface area (Å²) in [6.07, 6.45) is 4.03. The third kappa shape index (κ3) is 2.87. The van der Waals surface area contributed by atoms with Gasteiger partial charge >= 0.3 is 0 Å². The summed E-state index contributed by atoms with van der Waals surface area (Å²) in [7, 11) is 0. The van der Waals surface area contributed by atoms with E-state index in [1.54, 1.807) is 0 Å². The Morgan fingerprint density at radius 1 is 1.19 bits per heavy atom. The predicted molar refractivity (Wildman–Crippen MR) is 100.0 cm³/mol. The molecule has 0 bridgehead atoms. The highest BCUT2D eigenvalue weighted by Gasteiger charge is 2.32. The van der Waals surface area contributed by atoms with E-state index in [-0.39, 0.29) is 17.7 Å². The number of carbonyl (C=O) groups excluding carboxylic acids is 1. The van der Waals surface area contributed by atoms with E-state index >= 15 is 0 Å². The van der Waals surface area contributed by atoms with Crippen LogP contribution in [-0.2, 0) is 4.79 Å². The molecule has 1 amide bonds. The van der Waals surface area contributed by atoms with Crippen LogP contribution < -0.4 is 5.32 Å². The number of amides is 1. The molecule has 2 aromatic heterocycles. The normalized spacial score (nSPS) is 16.5. The third-order valence-electron chi connectivity index (χ3n) is 4.76. The van der Waals surface area contributed by atoms with Crippen LogP contribution in [0.5, 0.6) is 0 Å². The van der Waals surface area contributed by atoms with Crippen LogP contribution in [0.3, 0.4) is 0 Å². The number of aryl methyl sites for hydroxylation is 1. The summed E-state index contributed by atoms with van der Waals surface area (Å²) < 4.78 is 0. The van der Waals surface area contributed by atoms with Crippen LogP contribution in [0.25, 0.3) is 11.4 Å². The molecule has 132 valence electrons. The van der Waals surface area contributed by atoms with Gasteiger partial charge in [-0.3, -0.25) is 9.89 Å².